The molecular formula is C45H29NO. The highest BCUT2D eigenvalue weighted by Crippen LogP contribution is 2.66. The molecule has 0 bridgehead atoms. The molecule has 0 aliphatic heterocycles. The van der Waals surface area contributed by atoms with Crippen LogP contribution in [0.3, 0.4) is 0 Å². The third kappa shape index (κ3) is 3.55. The molecule has 8 aromatic rings. The number of hydrogen-bond donors (Lipinski definition) is 0. The molecule has 0 saturated carbocycles. The van der Waals surface area contributed by atoms with E-state index in [0.717, 1.165) is 33.8 Å². The highest BCUT2D eigenvalue weighted by atomic mass is 16.3. The van der Waals surface area contributed by atoms with Crippen molar-refractivity contribution in [3.63, 3.8) is 0 Å². The predicted molar refractivity (Wildman–Crippen MR) is 193 cm³/mol. The number of rotatable bonds is 4. The van der Waals surface area contributed by atoms with E-state index in [1.54, 1.807) is 0 Å². The summed E-state index contributed by atoms with van der Waals surface area (Å²) >= 11 is 0. The van der Waals surface area contributed by atoms with Crippen LogP contribution in [0.4, 0.5) is 17.1 Å². The molecule has 0 atom stereocenters. The van der Waals surface area contributed by atoms with Crippen LogP contribution in [0.15, 0.2) is 180 Å². The standard InChI is InChI=1S/C45H29NO/c1-3-14-30(15-4-1)31-26-28-33(29-27-31)46(32-16-5-2-6-17-32)40-24-13-21-37-42-36-20-9-12-25-41(36)47-44(42)45(43(37)40)38-22-10-7-18-34(38)35-19-8-11-23-39(35)45/h1-29H. The molecule has 1 aromatic heterocycles. The van der Waals surface area contributed by atoms with E-state index in [1.807, 2.05) is 0 Å². The van der Waals surface area contributed by atoms with Gasteiger partial charge in [0.2, 0.25) is 0 Å². The fraction of sp³-hybridized carbons (Fsp3) is 0.0222. The van der Waals surface area contributed by atoms with E-state index in [0.29, 0.717) is 0 Å². The van der Waals surface area contributed by atoms with Gasteiger partial charge in [0.15, 0.2) is 0 Å². The zero-order chi connectivity index (χ0) is 31.0. The second-order valence-corrected chi connectivity index (χ2v) is 12.4. The van der Waals surface area contributed by atoms with Gasteiger partial charge in [0, 0.05) is 27.9 Å². The molecule has 7 aromatic carbocycles. The van der Waals surface area contributed by atoms with Crippen LogP contribution in [0, 0.1) is 0 Å². The average Bonchev–Trinajstić information content (AvgIpc) is 3.77. The highest BCUT2D eigenvalue weighted by molar-refractivity contribution is 6.07. The fourth-order valence-electron chi connectivity index (χ4n) is 8.21. The molecule has 1 heterocycles. The monoisotopic (exact) mass is 599 g/mol. The summed E-state index contributed by atoms with van der Waals surface area (Å²) in [4.78, 5) is 2.42. The summed E-state index contributed by atoms with van der Waals surface area (Å²) in [6, 6.07) is 63.4. The van der Waals surface area contributed by atoms with Gasteiger partial charge in [-0.15, -0.1) is 0 Å². The van der Waals surface area contributed by atoms with Gasteiger partial charge in [-0.05, 0) is 75.3 Å². The molecular weight excluding hydrogens is 571 g/mol. The highest BCUT2D eigenvalue weighted by Gasteiger charge is 2.56. The first-order valence-electron chi connectivity index (χ1n) is 16.2. The van der Waals surface area contributed by atoms with Crippen LogP contribution in [0.5, 0.6) is 0 Å². The average molecular weight is 600 g/mol. The summed E-state index contributed by atoms with van der Waals surface area (Å²) in [7, 11) is 0. The topological polar surface area (TPSA) is 16.4 Å². The zero-order valence-electron chi connectivity index (χ0n) is 25.6. The third-order valence-electron chi connectivity index (χ3n) is 10.1. The lowest BCUT2D eigenvalue weighted by atomic mass is 9.72. The van der Waals surface area contributed by atoms with Crippen molar-refractivity contribution in [1.29, 1.82) is 0 Å². The van der Waals surface area contributed by atoms with Crippen LogP contribution in [0.1, 0.15) is 22.5 Å². The lowest BCUT2D eigenvalue weighted by Gasteiger charge is -2.34. The number of anilines is 3. The van der Waals surface area contributed by atoms with Crippen LogP contribution >= 0.6 is 0 Å². The van der Waals surface area contributed by atoms with Crippen molar-refractivity contribution in [3.05, 3.63) is 198 Å². The first-order valence-corrected chi connectivity index (χ1v) is 16.2. The minimum Gasteiger partial charge on any atom is -0.459 e. The van der Waals surface area contributed by atoms with Gasteiger partial charge in [0.25, 0.3) is 0 Å². The van der Waals surface area contributed by atoms with Crippen molar-refractivity contribution in [2.24, 2.45) is 0 Å². The Morgan fingerprint density at radius 1 is 0.426 bits per heavy atom. The van der Waals surface area contributed by atoms with Gasteiger partial charge in [-0.3, -0.25) is 0 Å². The van der Waals surface area contributed by atoms with Crippen molar-refractivity contribution >= 4 is 28.0 Å². The van der Waals surface area contributed by atoms with Gasteiger partial charge >= 0.3 is 0 Å². The van der Waals surface area contributed by atoms with Crippen molar-refractivity contribution in [2.75, 3.05) is 4.90 Å². The quantitative estimate of drug-likeness (QED) is 0.200. The van der Waals surface area contributed by atoms with Crippen LogP contribution < -0.4 is 4.90 Å². The SMILES string of the molecule is c1ccc(-c2ccc(N(c3ccccc3)c3cccc4c3C3(c5ccccc5-c5ccccc53)c3oc5ccccc5c3-4)cc2)cc1. The second-order valence-electron chi connectivity index (χ2n) is 12.4. The molecule has 2 aliphatic carbocycles. The van der Waals surface area contributed by atoms with E-state index in [-0.39, 0.29) is 0 Å². The van der Waals surface area contributed by atoms with Crippen LogP contribution in [0.25, 0.3) is 44.3 Å². The largest absolute Gasteiger partial charge is 0.459 e. The minimum atomic E-state index is -0.621. The summed E-state index contributed by atoms with van der Waals surface area (Å²) < 4.78 is 7.04. The van der Waals surface area contributed by atoms with Gasteiger partial charge in [-0.1, -0.05) is 140 Å². The number of hydrogen-bond acceptors (Lipinski definition) is 2. The summed E-state index contributed by atoms with van der Waals surface area (Å²) in [5.74, 6) is 1.01. The lowest BCUT2D eigenvalue weighted by molar-refractivity contribution is 0.507. The molecule has 0 saturated heterocycles. The van der Waals surface area contributed by atoms with E-state index in [9.17, 15) is 0 Å². The summed E-state index contributed by atoms with van der Waals surface area (Å²) in [6.45, 7) is 0. The molecule has 1 spiro atoms. The van der Waals surface area contributed by atoms with E-state index < -0.39 is 5.41 Å². The Labute approximate surface area is 273 Å². The van der Waals surface area contributed by atoms with Gasteiger partial charge in [0.05, 0.1) is 5.69 Å². The smallest absolute Gasteiger partial charge is 0.135 e. The number of fused-ring (bicyclic) bond motifs is 12. The molecule has 47 heavy (non-hydrogen) atoms. The Bertz CT molecular complexity index is 2410. The molecule has 0 N–H and O–H groups in total. The maximum atomic E-state index is 7.04. The van der Waals surface area contributed by atoms with Crippen LogP contribution in [0.2, 0.25) is 0 Å². The molecule has 220 valence electrons. The predicted octanol–water partition coefficient (Wildman–Crippen LogP) is 11.9. The number of furan rings is 1. The molecule has 0 radical (unpaired) electrons. The Morgan fingerprint density at radius 2 is 0.979 bits per heavy atom. The van der Waals surface area contributed by atoms with Crippen LogP contribution in [-0.2, 0) is 5.41 Å². The van der Waals surface area contributed by atoms with E-state index >= 15 is 0 Å². The number of para-hydroxylation sites is 2. The van der Waals surface area contributed by atoms with Gasteiger partial charge in [-0.25, -0.2) is 0 Å². The fourth-order valence-corrected chi connectivity index (χ4v) is 8.21. The minimum absolute atomic E-state index is 0.621. The normalized spacial score (nSPS) is 13.3. The Balaban J connectivity index is 1.31. The molecule has 10 rings (SSSR count). The second kappa shape index (κ2) is 9.94. The maximum Gasteiger partial charge on any atom is 0.135 e. The number of nitrogens with zero attached hydrogens (tertiary/aromatic N) is 1. The molecule has 0 amide bonds. The summed E-state index contributed by atoms with van der Waals surface area (Å²) in [5.41, 5.74) is 14.8. The summed E-state index contributed by atoms with van der Waals surface area (Å²) in [5, 5.41) is 1.15. The van der Waals surface area contributed by atoms with Crippen molar-refractivity contribution < 1.29 is 4.42 Å². The molecule has 2 aliphatic rings. The summed E-state index contributed by atoms with van der Waals surface area (Å²) in [6.07, 6.45) is 0. The van der Waals surface area contributed by atoms with E-state index in [4.69, 9.17) is 4.42 Å². The maximum absolute atomic E-state index is 7.04. The van der Waals surface area contributed by atoms with Gasteiger partial charge < -0.3 is 9.32 Å². The van der Waals surface area contributed by atoms with E-state index in [2.05, 4.69) is 181 Å². The Morgan fingerprint density at radius 3 is 1.70 bits per heavy atom. The molecule has 2 nitrogen and oxygen atoms in total. The van der Waals surface area contributed by atoms with Crippen molar-refractivity contribution in [3.8, 4) is 33.4 Å². The Hall–Kier alpha value is -6.12. The van der Waals surface area contributed by atoms with E-state index in [1.165, 1.54) is 50.1 Å². The lowest BCUT2D eigenvalue weighted by Crippen LogP contribution is -2.28. The third-order valence-corrected chi connectivity index (χ3v) is 10.1. The van der Waals surface area contributed by atoms with Crippen molar-refractivity contribution in [2.45, 2.75) is 5.41 Å². The molecule has 0 fully saturated rings. The molecule has 2 heteroatoms. The zero-order valence-corrected chi connectivity index (χ0v) is 25.6. The first kappa shape index (κ1) is 26.1. The molecule has 0 unspecified atom stereocenters. The number of benzene rings is 7. The van der Waals surface area contributed by atoms with Gasteiger partial charge in [-0.2, -0.15) is 0 Å². The first-order chi connectivity index (χ1) is 23.3. The van der Waals surface area contributed by atoms with Crippen molar-refractivity contribution in [1.82, 2.24) is 0 Å². The van der Waals surface area contributed by atoms with Gasteiger partial charge in [0.1, 0.15) is 16.8 Å². The Kier molecular flexibility index (Phi) is 5.53. The van der Waals surface area contributed by atoms with Crippen LogP contribution in [-0.4, -0.2) is 0 Å².